The Balaban J connectivity index is 2.15. The van der Waals surface area contributed by atoms with E-state index in [0.717, 1.165) is 5.56 Å². The number of anilines is 2. The van der Waals surface area contributed by atoms with E-state index in [1.54, 1.807) is 24.3 Å². The maximum Gasteiger partial charge on any atom is 0.228 e. The summed E-state index contributed by atoms with van der Waals surface area (Å²) in [5, 5.41) is 2.95. The first-order valence-electron chi connectivity index (χ1n) is 6.06. The van der Waals surface area contributed by atoms with Crippen molar-refractivity contribution in [2.45, 2.75) is 13.3 Å². The van der Waals surface area contributed by atoms with Crippen molar-refractivity contribution in [3.8, 4) is 0 Å². The van der Waals surface area contributed by atoms with Gasteiger partial charge in [0.05, 0.1) is 6.42 Å². The second-order valence-corrected chi connectivity index (χ2v) is 4.91. The Kier molecular flexibility index (Phi) is 4.25. The smallest absolute Gasteiger partial charge is 0.228 e. The van der Waals surface area contributed by atoms with Gasteiger partial charge in [0, 0.05) is 22.0 Å². The van der Waals surface area contributed by atoms with Crippen LogP contribution in [-0.2, 0) is 11.2 Å². The number of carbonyl (C=O) groups excluding carboxylic acids is 1. The molecule has 1 amide bonds. The number of benzene rings is 2. The molecule has 0 bridgehead atoms. The molecule has 0 aliphatic rings. The number of amides is 1. The van der Waals surface area contributed by atoms with E-state index in [1.165, 1.54) is 12.1 Å². The number of carbonyl (C=O) groups is 1. The lowest BCUT2D eigenvalue weighted by Gasteiger charge is -2.10. The number of nitrogen functional groups attached to an aromatic ring is 1. The molecule has 104 valence electrons. The molecule has 0 radical (unpaired) electrons. The molecule has 0 aliphatic carbocycles. The fraction of sp³-hybridized carbons (Fsp3) is 0.133. The van der Waals surface area contributed by atoms with Crippen LogP contribution in [0.4, 0.5) is 15.8 Å². The standard InChI is InChI=1S/C15H14ClFN2O/c1-9-5-6-10(18)7-14(9)19-15(20)8-11-12(16)3-2-4-13(11)17/h2-7H,8,18H2,1H3,(H,19,20). The lowest BCUT2D eigenvalue weighted by molar-refractivity contribution is -0.115. The minimum absolute atomic E-state index is 0.125. The van der Waals surface area contributed by atoms with Gasteiger partial charge < -0.3 is 11.1 Å². The summed E-state index contributed by atoms with van der Waals surface area (Å²) in [5.74, 6) is -0.831. The maximum absolute atomic E-state index is 13.6. The van der Waals surface area contributed by atoms with E-state index in [4.69, 9.17) is 17.3 Å². The number of hydrogen-bond donors (Lipinski definition) is 2. The lowest BCUT2D eigenvalue weighted by Crippen LogP contribution is -2.16. The van der Waals surface area contributed by atoms with Crippen LogP contribution in [0.3, 0.4) is 0 Å². The molecule has 20 heavy (non-hydrogen) atoms. The molecular weight excluding hydrogens is 279 g/mol. The van der Waals surface area contributed by atoms with Crippen LogP contribution in [0.5, 0.6) is 0 Å². The summed E-state index contributed by atoms with van der Waals surface area (Å²) < 4.78 is 13.6. The zero-order chi connectivity index (χ0) is 14.7. The average Bonchev–Trinajstić information content (AvgIpc) is 2.38. The van der Waals surface area contributed by atoms with Crippen LogP contribution < -0.4 is 11.1 Å². The summed E-state index contributed by atoms with van der Waals surface area (Å²) in [5.41, 5.74) is 7.91. The number of halogens is 2. The van der Waals surface area contributed by atoms with Gasteiger partial charge in [-0.2, -0.15) is 0 Å². The van der Waals surface area contributed by atoms with Gasteiger partial charge in [-0.3, -0.25) is 4.79 Å². The quantitative estimate of drug-likeness (QED) is 0.850. The Labute approximate surface area is 121 Å². The molecular formula is C15H14ClFN2O. The molecule has 0 heterocycles. The van der Waals surface area contributed by atoms with Crippen molar-refractivity contribution in [1.29, 1.82) is 0 Å². The third-order valence-corrected chi connectivity index (χ3v) is 3.29. The SMILES string of the molecule is Cc1ccc(N)cc1NC(=O)Cc1c(F)cccc1Cl. The molecule has 0 aliphatic heterocycles. The van der Waals surface area contributed by atoms with Crippen molar-refractivity contribution in [3.63, 3.8) is 0 Å². The second-order valence-electron chi connectivity index (χ2n) is 4.50. The summed E-state index contributed by atoms with van der Waals surface area (Å²) in [6.45, 7) is 1.85. The Hall–Kier alpha value is -2.07. The summed E-state index contributed by atoms with van der Waals surface area (Å²) in [6.07, 6.45) is -0.125. The third kappa shape index (κ3) is 3.27. The van der Waals surface area contributed by atoms with Gasteiger partial charge in [0.25, 0.3) is 0 Å². The van der Waals surface area contributed by atoms with Crippen molar-refractivity contribution in [2.75, 3.05) is 11.1 Å². The zero-order valence-corrected chi connectivity index (χ0v) is 11.7. The summed E-state index contributed by atoms with van der Waals surface area (Å²) in [6, 6.07) is 9.55. The predicted molar refractivity (Wildman–Crippen MR) is 79.3 cm³/mol. The Morgan fingerprint density at radius 1 is 1.35 bits per heavy atom. The lowest BCUT2D eigenvalue weighted by atomic mass is 10.1. The molecule has 3 nitrogen and oxygen atoms in total. The second kappa shape index (κ2) is 5.92. The number of nitrogens with one attached hydrogen (secondary N) is 1. The highest BCUT2D eigenvalue weighted by Gasteiger charge is 2.12. The van der Waals surface area contributed by atoms with Crippen LogP contribution in [0.15, 0.2) is 36.4 Å². The molecule has 0 saturated heterocycles. The third-order valence-electron chi connectivity index (χ3n) is 2.93. The molecule has 3 N–H and O–H groups in total. The van der Waals surface area contributed by atoms with E-state index >= 15 is 0 Å². The highest BCUT2D eigenvalue weighted by molar-refractivity contribution is 6.31. The van der Waals surface area contributed by atoms with Crippen LogP contribution in [0.2, 0.25) is 5.02 Å². The monoisotopic (exact) mass is 292 g/mol. The highest BCUT2D eigenvalue weighted by Crippen LogP contribution is 2.21. The first-order chi connectivity index (χ1) is 9.47. The van der Waals surface area contributed by atoms with E-state index in [9.17, 15) is 9.18 Å². The topological polar surface area (TPSA) is 55.1 Å². The molecule has 0 fully saturated rings. The van der Waals surface area contributed by atoms with E-state index in [-0.39, 0.29) is 22.9 Å². The molecule has 2 aromatic rings. The summed E-state index contributed by atoms with van der Waals surface area (Å²) in [7, 11) is 0. The van der Waals surface area contributed by atoms with Crippen molar-refractivity contribution in [3.05, 3.63) is 58.4 Å². The largest absolute Gasteiger partial charge is 0.399 e. The van der Waals surface area contributed by atoms with Crippen LogP contribution >= 0.6 is 11.6 Å². The maximum atomic E-state index is 13.6. The Morgan fingerprint density at radius 2 is 2.10 bits per heavy atom. The molecule has 0 spiro atoms. The number of aryl methyl sites for hydroxylation is 1. The van der Waals surface area contributed by atoms with Gasteiger partial charge in [0.1, 0.15) is 5.82 Å². The van der Waals surface area contributed by atoms with Gasteiger partial charge in [-0.1, -0.05) is 23.7 Å². The fourth-order valence-electron chi connectivity index (χ4n) is 1.83. The van der Waals surface area contributed by atoms with Crippen molar-refractivity contribution in [1.82, 2.24) is 0 Å². The molecule has 0 saturated carbocycles. The minimum Gasteiger partial charge on any atom is -0.399 e. The van der Waals surface area contributed by atoms with Crippen molar-refractivity contribution >= 4 is 28.9 Å². The molecule has 2 aromatic carbocycles. The van der Waals surface area contributed by atoms with Gasteiger partial charge in [-0.05, 0) is 36.8 Å². The van der Waals surface area contributed by atoms with E-state index in [2.05, 4.69) is 5.32 Å². The zero-order valence-electron chi connectivity index (χ0n) is 10.9. The van der Waals surface area contributed by atoms with Gasteiger partial charge in [-0.15, -0.1) is 0 Å². The molecule has 5 heteroatoms. The van der Waals surface area contributed by atoms with Crippen LogP contribution in [0.25, 0.3) is 0 Å². The summed E-state index contributed by atoms with van der Waals surface area (Å²) in [4.78, 5) is 12.0. The number of hydrogen-bond acceptors (Lipinski definition) is 2. The van der Waals surface area contributed by atoms with Gasteiger partial charge in [0.2, 0.25) is 5.91 Å². The van der Waals surface area contributed by atoms with Gasteiger partial charge >= 0.3 is 0 Å². The van der Waals surface area contributed by atoms with Crippen LogP contribution in [0.1, 0.15) is 11.1 Å². The fourth-order valence-corrected chi connectivity index (χ4v) is 2.06. The van der Waals surface area contributed by atoms with E-state index in [1.807, 2.05) is 6.92 Å². The van der Waals surface area contributed by atoms with Crippen LogP contribution in [-0.4, -0.2) is 5.91 Å². The normalized spacial score (nSPS) is 10.3. The average molecular weight is 293 g/mol. The van der Waals surface area contributed by atoms with Crippen molar-refractivity contribution in [2.24, 2.45) is 0 Å². The number of nitrogens with two attached hydrogens (primary N) is 1. The molecule has 0 unspecified atom stereocenters. The summed E-state index contributed by atoms with van der Waals surface area (Å²) >= 11 is 5.89. The molecule has 2 rings (SSSR count). The van der Waals surface area contributed by atoms with Gasteiger partial charge in [-0.25, -0.2) is 4.39 Å². The predicted octanol–water partition coefficient (Wildman–Crippen LogP) is 3.55. The van der Waals surface area contributed by atoms with E-state index < -0.39 is 5.82 Å². The molecule has 0 atom stereocenters. The minimum atomic E-state index is -0.489. The van der Waals surface area contributed by atoms with Gasteiger partial charge in [0.15, 0.2) is 0 Å². The first-order valence-corrected chi connectivity index (χ1v) is 6.44. The molecule has 0 aromatic heterocycles. The Morgan fingerprint density at radius 3 is 2.80 bits per heavy atom. The Bertz CT molecular complexity index is 638. The van der Waals surface area contributed by atoms with E-state index in [0.29, 0.717) is 11.4 Å². The first kappa shape index (κ1) is 14.3. The van der Waals surface area contributed by atoms with Crippen LogP contribution in [0, 0.1) is 12.7 Å². The van der Waals surface area contributed by atoms with Crippen molar-refractivity contribution < 1.29 is 9.18 Å². The highest BCUT2D eigenvalue weighted by atomic mass is 35.5. The number of rotatable bonds is 3.